The number of piperidine rings is 1. The second-order valence-corrected chi connectivity index (χ2v) is 10.5. The highest BCUT2D eigenvalue weighted by molar-refractivity contribution is 6.32. The van der Waals surface area contributed by atoms with Gasteiger partial charge in [0, 0.05) is 17.7 Å². The van der Waals surface area contributed by atoms with Crippen LogP contribution in [0.3, 0.4) is 0 Å². The van der Waals surface area contributed by atoms with Crippen molar-refractivity contribution in [3.63, 3.8) is 0 Å². The van der Waals surface area contributed by atoms with Crippen molar-refractivity contribution in [1.82, 2.24) is 35.2 Å². The predicted molar refractivity (Wildman–Crippen MR) is 143 cm³/mol. The van der Waals surface area contributed by atoms with Crippen LogP contribution in [0.4, 0.5) is 27.7 Å². The van der Waals surface area contributed by atoms with Crippen molar-refractivity contribution < 1.29 is 8.91 Å². The molecule has 1 aromatic carbocycles. The van der Waals surface area contributed by atoms with Crippen LogP contribution in [0.15, 0.2) is 28.9 Å². The van der Waals surface area contributed by atoms with Crippen LogP contribution in [0.2, 0.25) is 5.02 Å². The van der Waals surface area contributed by atoms with Gasteiger partial charge in [-0.15, -0.1) is 0 Å². The summed E-state index contributed by atoms with van der Waals surface area (Å²) in [4.78, 5) is 16.9. The lowest BCUT2D eigenvalue weighted by Crippen LogP contribution is -2.32. The van der Waals surface area contributed by atoms with Crippen LogP contribution in [-0.4, -0.2) is 48.3 Å². The summed E-state index contributed by atoms with van der Waals surface area (Å²) in [6, 6.07) is 5.24. The number of aryl methyl sites for hydroxylation is 2. The number of aromatic nitrogens is 6. The molecule has 1 saturated heterocycles. The van der Waals surface area contributed by atoms with Crippen LogP contribution in [-0.2, 0) is 6.54 Å². The van der Waals surface area contributed by atoms with Gasteiger partial charge in [-0.2, -0.15) is 15.1 Å². The zero-order valence-corrected chi connectivity index (χ0v) is 22.6. The maximum atomic E-state index is 15.8. The van der Waals surface area contributed by atoms with Gasteiger partial charge in [0.15, 0.2) is 11.6 Å². The summed E-state index contributed by atoms with van der Waals surface area (Å²) in [6.45, 7) is 10.3. The molecule has 0 bridgehead atoms. The first-order valence-corrected chi connectivity index (χ1v) is 13.0. The molecular formula is C26H31ClFN9O. The number of nitrogens with zero attached hydrogens (tertiary/aromatic N) is 7. The van der Waals surface area contributed by atoms with Crippen LogP contribution >= 0.6 is 11.6 Å². The number of aromatic amines is 1. The molecule has 1 aliphatic rings. The zero-order chi connectivity index (χ0) is 27.0. The Morgan fingerprint density at radius 2 is 1.97 bits per heavy atom. The third kappa shape index (κ3) is 5.34. The second kappa shape index (κ2) is 10.7. The number of H-pyrrole nitrogens is 1. The van der Waals surface area contributed by atoms with E-state index in [-0.39, 0.29) is 34.3 Å². The molecule has 0 aliphatic carbocycles. The molecule has 10 nitrogen and oxygen atoms in total. The van der Waals surface area contributed by atoms with Crippen molar-refractivity contribution in [2.75, 3.05) is 23.7 Å². The van der Waals surface area contributed by atoms with E-state index < -0.39 is 5.82 Å². The predicted octanol–water partition coefficient (Wildman–Crippen LogP) is 5.55. The van der Waals surface area contributed by atoms with Gasteiger partial charge in [0.2, 0.25) is 11.8 Å². The molecule has 38 heavy (non-hydrogen) atoms. The number of nitrogen functional groups attached to an aromatic ring is 1. The molecule has 4 heterocycles. The fraction of sp³-hybridized carbons (Fsp3) is 0.423. The van der Waals surface area contributed by atoms with Gasteiger partial charge >= 0.3 is 0 Å². The Labute approximate surface area is 225 Å². The lowest BCUT2D eigenvalue weighted by molar-refractivity contribution is 0.180. The van der Waals surface area contributed by atoms with Gasteiger partial charge in [-0.1, -0.05) is 30.6 Å². The summed E-state index contributed by atoms with van der Waals surface area (Å²) >= 11 is 6.03. The van der Waals surface area contributed by atoms with E-state index in [2.05, 4.69) is 35.2 Å². The number of hydrogen-bond acceptors (Lipinski definition) is 9. The number of nitrogens with two attached hydrogens (primary N) is 1. The number of rotatable bonds is 7. The third-order valence-electron chi connectivity index (χ3n) is 6.84. The van der Waals surface area contributed by atoms with Gasteiger partial charge in [-0.05, 0) is 69.0 Å². The van der Waals surface area contributed by atoms with E-state index in [1.807, 2.05) is 33.8 Å². The van der Waals surface area contributed by atoms with E-state index in [0.717, 1.165) is 48.6 Å². The molecule has 3 aromatic heterocycles. The van der Waals surface area contributed by atoms with Gasteiger partial charge in [0.05, 0.1) is 18.4 Å². The minimum absolute atomic E-state index is 0.107. The molecule has 1 fully saturated rings. The zero-order valence-electron chi connectivity index (χ0n) is 21.9. The van der Waals surface area contributed by atoms with Crippen LogP contribution in [0, 0.1) is 19.7 Å². The first kappa shape index (κ1) is 26.1. The minimum atomic E-state index is -0.391. The maximum absolute atomic E-state index is 15.8. The van der Waals surface area contributed by atoms with Crippen molar-refractivity contribution in [3.8, 4) is 0 Å². The number of hydrogen-bond donors (Lipinski definition) is 2. The molecule has 1 aliphatic heterocycles. The Kier molecular flexibility index (Phi) is 7.31. The summed E-state index contributed by atoms with van der Waals surface area (Å²) in [5.74, 6) is 2.19. The average Bonchev–Trinajstić information content (AvgIpc) is 3.53. The highest BCUT2D eigenvalue weighted by Crippen LogP contribution is 2.38. The van der Waals surface area contributed by atoms with E-state index in [1.54, 1.807) is 17.0 Å². The van der Waals surface area contributed by atoms with E-state index in [9.17, 15) is 0 Å². The highest BCUT2D eigenvalue weighted by Gasteiger charge is 2.27. The summed E-state index contributed by atoms with van der Waals surface area (Å²) in [5.41, 5.74) is 9.02. The van der Waals surface area contributed by atoms with Crippen molar-refractivity contribution in [1.29, 1.82) is 0 Å². The average molecular weight is 540 g/mol. The molecule has 0 radical (unpaired) electrons. The molecule has 3 N–H and O–H groups in total. The highest BCUT2D eigenvalue weighted by atomic mass is 35.5. The summed E-state index contributed by atoms with van der Waals surface area (Å²) < 4.78 is 21.2. The molecule has 0 amide bonds. The minimum Gasteiger partial charge on any atom is -0.382 e. The van der Waals surface area contributed by atoms with Gasteiger partial charge in [-0.25, -0.2) is 9.37 Å². The van der Waals surface area contributed by atoms with Gasteiger partial charge in [0.1, 0.15) is 16.7 Å². The van der Waals surface area contributed by atoms with Crippen molar-refractivity contribution in [2.45, 2.75) is 58.9 Å². The van der Waals surface area contributed by atoms with Crippen molar-refractivity contribution in [2.24, 2.45) is 0 Å². The number of anilines is 4. The van der Waals surface area contributed by atoms with Crippen LogP contribution < -0.4 is 10.6 Å². The quantitative estimate of drug-likeness (QED) is 0.311. The first-order chi connectivity index (χ1) is 18.2. The van der Waals surface area contributed by atoms with Crippen molar-refractivity contribution >= 4 is 34.9 Å². The van der Waals surface area contributed by atoms with Crippen LogP contribution in [0.25, 0.3) is 0 Å². The van der Waals surface area contributed by atoms with E-state index in [0.29, 0.717) is 18.3 Å². The molecule has 5 rings (SSSR count). The van der Waals surface area contributed by atoms with Crippen LogP contribution in [0.1, 0.15) is 67.1 Å². The Morgan fingerprint density at radius 3 is 2.61 bits per heavy atom. The van der Waals surface area contributed by atoms with Crippen LogP contribution in [0.5, 0.6) is 0 Å². The topological polar surface area (TPSA) is 126 Å². The smallest absolute Gasteiger partial charge is 0.240 e. The third-order valence-corrected chi connectivity index (χ3v) is 7.13. The fourth-order valence-corrected chi connectivity index (χ4v) is 4.87. The lowest BCUT2D eigenvalue weighted by atomic mass is 9.86. The normalized spacial score (nSPS) is 14.9. The van der Waals surface area contributed by atoms with Gasteiger partial charge < -0.3 is 10.3 Å². The van der Waals surface area contributed by atoms with E-state index in [1.165, 1.54) is 6.20 Å². The Morgan fingerprint density at radius 1 is 1.21 bits per heavy atom. The Hall–Kier alpha value is -3.57. The maximum Gasteiger partial charge on any atom is 0.240 e. The van der Waals surface area contributed by atoms with Gasteiger partial charge in [-0.3, -0.25) is 14.9 Å². The summed E-state index contributed by atoms with van der Waals surface area (Å²) in [7, 11) is 0. The summed E-state index contributed by atoms with van der Waals surface area (Å²) in [5, 5.41) is 11.5. The molecule has 0 spiro atoms. The Bertz CT molecular complexity index is 1430. The molecule has 4 aromatic rings. The number of benzene rings is 1. The molecular weight excluding hydrogens is 509 g/mol. The fourth-order valence-electron chi connectivity index (χ4n) is 4.78. The lowest BCUT2D eigenvalue weighted by Gasteiger charge is -2.32. The number of likely N-dealkylation sites (tertiary alicyclic amines) is 1. The molecule has 0 atom stereocenters. The number of halogens is 2. The largest absolute Gasteiger partial charge is 0.382 e. The molecule has 0 unspecified atom stereocenters. The standard InChI is InChI=1S/C26H31ClFN9O/c1-14(2)25-31-23(38-35-25)13-36-7-5-17(6-8-36)18-11-20(28)21(9-15(18)3)37(22-10-16(4)33-34-22)26-30-12-19(27)24(29)32-26/h9-12,14,17H,5-8,13H2,1-4H3,(H,33,34)(H2,29,30,32). The second-order valence-electron chi connectivity index (χ2n) is 10.1. The number of nitrogens with one attached hydrogen (secondary N) is 1. The first-order valence-electron chi connectivity index (χ1n) is 12.6. The van der Waals surface area contributed by atoms with E-state index >= 15 is 4.39 Å². The Balaban J connectivity index is 1.37. The SMILES string of the molecule is Cc1cc(N(c2ncc(Cl)c(N)n2)c2cc(C)c(C3CCN(Cc4nc(C(C)C)no4)CC3)cc2F)n[nH]1. The van der Waals surface area contributed by atoms with E-state index in [4.69, 9.17) is 21.9 Å². The molecule has 12 heteroatoms. The molecule has 200 valence electrons. The summed E-state index contributed by atoms with van der Waals surface area (Å²) in [6.07, 6.45) is 3.21. The van der Waals surface area contributed by atoms with Gasteiger partial charge in [0.25, 0.3) is 0 Å². The van der Waals surface area contributed by atoms with Crippen molar-refractivity contribution in [3.05, 3.63) is 63.8 Å². The monoisotopic (exact) mass is 539 g/mol. The molecule has 0 saturated carbocycles.